The topological polar surface area (TPSA) is 168 Å². The number of nitrogens with one attached hydrogen (secondary N) is 3. The second kappa shape index (κ2) is 15.3. The van der Waals surface area contributed by atoms with Gasteiger partial charge in [0.15, 0.2) is 0 Å². The van der Waals surface area contributed by atoms with Crippen molar-refractivity contribution in [1.29, 1.82) is 0 Å². The number of amides is 5. The fourth-order valence-corrected chi connectivity index (χ4v) is 5.49. The van der Waals surface area contributed by atoms with Gasteiger partial charge in [0, 0.05) is 61.8 Å². The summed E-state index contributed by atoms with van der Waals surface area (Å²) < 4.78 is 10.4. The lowest BCUT2D eigenvalue weighted by Crippen LogP contribution is -2.56. The number of nitrogens with two attached hydrogens (primary N) is 1. The van der Waals surface area contributed by atoms with Gasteiger partial charge in [-0.05, 0) is 69.9 Å². The number of imide groups is 1. The maximum atomic E-state index is 13.1. The second-order valence-electron chi connectivity index (χ2n) is 12.7. The fourth-order valence-electron chi connectivity index (χ4n) is 5.49. The lowest BCUT2D eigenvalue weighted by Gasteiger charge is -2.33. The first-order valence-corrected chi connectivity index (χ1v) is 15.8. The smallest absolute Gasteiger partial charge is 0.407 e. The number of aryl methyl sites for hydroxylation is 1. The molecule has 3 aliphatic rings. The van der Waals surface area contributed by atoms with E-state index in [4.69, 9.17) is 15.2 Å². The molecule has 1 unspecified atom stereocenters. The Labute approximate surface area is 275 Å². The summed E-state index contributed by atoms with van der Waals surface area (Å²) in [5, 5.41) is 7.73. The Hall–Kier alpha value is -4.67. The van der Waals surface area contributed by atoms with E-state index in [1.54, 1.807) is 17.2 Å². The van der Waals surface area contributed by atoms with Gasteiger partial charge in [-0.3, -0.25) is 24.8 Å². The summed E-state index contributed by atoms with van der Waals surface area (Å²) in [5.41, 5.74) is 6.51. The van der Waals surface area contributed by atoms with Crippen molar-refractivity contribution in [2.75, 3.05) is 46.4 Å². The first kappa shape index (κ1) is 35.2. The molecule has 5 N–H and O–H groups in total. The molecule has 3 aliphatic heterocycles. The third-order valence-corrected chi connectivity index (χ3v) is 7.90. The zero-order valence-electron chi connectivity index (χ0n) is 27.8. The number of rotatable bonds is 7. The first-order valence-electron chi connectivity index (χ1n) is 15.8. The molecule has 13 nitrogen and oxygen atoms in total. The fraction of sp³-hybridized carbons (Fsp3) is 0.500. The van der Waals surface area contributed by atoms with Gasteiger partial charge in [-0.1, -0.05) is 24.8 Å². The molecule has 13 heteroatoms. The van der Waals surface area contributed by atoms with Gasteiger partial charge in [0.2, 0.25) is 5.54 Å². The Kier molecular flexibility index (Phi) is 11.4. The molecule has 4 heterocycles. The van der Waals surface area contributed by atoms with Gasteiger partial charge >= 0.3 is 12.1 Å². The van der Waals surface area contributed by atoms with Crippen molar-refractivity contribution in [2.45, 2.75) is 64.1 Å². The summed E-state index contributed by atoms with van der Waals surface area (Å²) in [6.07, 6.45) is 3.71. The number of benzene rings is 1. The number of likely N-dealkylation sites (tertiary alicyclic amines) is 1. The van der Waals surface area contributed by atoms with E-state index in [0.29, 0.717) is 36.4 Å². The highest BCUT2D eigenvalue weighted by Crippen LogP contribution is 2.25. The number of aromatic nitrogens is 1. The average Bonchev–Trinajstić information content (AvgIpc) is 3.58. The van der Waals surface area contributed by atoms with E-state index in [-0.39, 0.29) is 24.6 Å². The molecular weight excluding hydrogens is 602 g/mol. The molecule has 1 aromatic heterocycles. The minimum absolute atomic E-state index is 0.0620. The van der Waals surface area contributed by atoms with E-state index in [0.717, 1.165) is 43.7 Å². The van der Waals surface area contributed by atoms with Crippen molar-refractivity contribution in [3.63, 3.8) is 0 Å². The molecule has 0 aliphatic carbocycles. The Bertz CT molecular complexity index is 1530. The van der Waals surface area contributed by atoms with Crippen LogP contribution in [0.3, 0.4) is 0 Å². The van der Waals surface area contributed by atoms with Crippen LogP contribution < -0.4 is 26.4 Å². The maximum absolute atomic E-state index is 13.1. The molecule has 47 heavy (non-hydrogen) atoms. The van der Waals surface area contributed by atoms with Crippen LogP contribution in [0.15, 0.2) is 36.5 Å². The maximum Gasteiger partial charge on any atom is 0.407 e. The molecule has 0 spiro atoms. The molecule has 2 aromatic rings. The summed E-state index contributed by atoms with van der Waals surface area (Å²) in [6, 6.07) is 8.62. The van der Waals surface area contributed by atoms with E-state index >= 15 is 0 Å². The van der Waals surface area contributed by atoms with Crippen LogP contribution in [-0.4, -0.2) is 102 Å². The van der Waals surface area contributed by atoms with Gasteiger partial charge in [0.05, 0.1) is 13.7 Å². The highest BCUT2D eigenvalue weighted by molar-refractivity contribution is 6.10. The van der Waals surface area contributed by atoms with E-state index < -0.39 is 23.1 Å². The third kappa shape index (κ3) is 9.43. The Morgan fingerprint density at radius 1 is 1.19 bits per heavy atom. The van der Waals surface area contributed by atoms with Crippen LogP contribution in [0.1, 0.15) is 61.3 Å². The molecule has 252 valence electrons. The van der Waals surface area contributed by atoms with Crippen LogP contribution in [0.2, 0.25) is 0 Å². The van der Waals surface area contributed by atoms with Gasteiger partial charge < -0.3 is 30.7 Å². The number of ether oxygens (including phenoxy) is 2. The molecule has 5 amide bonds. The van der Waals surface area contributed by atoms with Crippen molar-refractivity contribution in [2.24, 2.45) is 5.73 Å². The molecule has 2 saturated heterocycles. The van der Waals surface area contributed by atoms with Crippen LogP contribution in [-0.2, 0) is 22.4 Å². The second-order valence-corrected chi connectivity index (χ2v) is 12.7. The number of hydrogen-bond donors (Lipinski definition) is 4. The molecule has 2 fully saturated rings. The van der Waals surface area contributed by atoms with E-state index in [9.17, 15) is 19.2 Å². The largest absolute Gasteiger partial charge is 0.497 e. The number of carbonyl (C=O) groups is 4. The summed E-state index contributed by atoms with van der Waals surface area (Å²) in [4.78, 5) is 57.3. The molecule has 1 aromatic carbocycles. The quantitative estimate of drug-likeness (QED) is 0.259. The molecule has 0 bridgehead atoms. The van der Waals surface area contributed by atoms with Gasteiger partial charge in [-0.2, -0.15) is 0 Å². The van der Waals surface area contributed by atoms with Crippen LogP contribution >= 0.6 is 0 Å². The van der Waals surface area contributed by atoms with Crippen LogP contribution in [0.25, 0.3) is 0 Å². The van der Waals surface area contributed by atoms with Gasteiger partial charge in [0.25, 0.3) is 11.8 Å². The van der Waals surface area contributed by atoms with Crippen molar-refractivity contribution in [3.05, 3.63) is 58.9 Å². The molecule has 2 atom stereocenters. The van der Waals surface area contributed by atoms with Crippen molar-refractivity contribution >= 4 is 23.9 Å². The van der Waals surface area contributed by atoms with E-state index in [1.165, 1.54) is 7.11 Å². The minimum Gasteiger partial charge on any atom is -0.497 e. The lowest BCUT2D eigenvalue weighted by atomic mass is 9.94. The monoisotopic (exact) mass is 647 g/mol. The summed E-state index contributed by atoms with van der Waals surface area (Å²) in [7, 11) is 1.54. The van der Waals surface area contributed by atoms with E-state index in [2.05, 4.69) is 37.7 Å². The average molecular weight is 648 g/mol. The molecule has 0 radical (unpaired) electrons. The highest BCUT2D eigenvalue weighted by atomic mass is 16.6. The lowest BCUT2D eigenvalue weighted by molar-refractivity contribution is -0.122. The summed E-state index contributed by atoms with van der Waals surface area (Å²) in [6.45, 7) is 11.4. The highest BCUT2D eigenvalue weighted by Gasteiger charge is 2.47. The summed E-state index contributed by atoms with van der Waals surface area (Å²) >= 11 is 0. The normalized spacial score (nSPS) is 20.6. The standard InChI is InChI=1S/C23H22N4O4.C11H23N3O2/c1-3-17-6-4-15(13-24-17)8-10-23(21(29)25-22(30)26-23)14-27-11-9-16-5-7-18(31-2)12-19(16)20(27)28;1-11(2,3)16-10(15)13-9-4-6-14(8-9)7-5-12/h4-7,12-13H,3,9,11,14H2,1-2H3,(H2,25,26,29,30);9H,4-8,12H2,1-3H3,(H,13,15)/t23-;/m1./s1. The van der Waals surface area contributed by atoms with E-state index in [1.807, 2.05) is 52.0 Å². The van der Waals surface area contributed by atoms with Gasteiger partial charge in [0.1, 0.15) is 11.4 Å². The zero-order chi connectivity index (χ0) is 34.2. The number of pyridine rings is 1. The number of urea groups is 1. The number of fused-ring (bicyclic) bond motifs is 1. The van der Waals surface area contributed by atoms with Crippen molar-refractivity contribution in [3.8, 4) is 17.6 Å². The summed E-state index contributed by atoms with van der Waals surface area (Å²) in [5.74, 6) is 5.59. The van der Waals surface area contributed by atoms with Crippen LogP contribution in [0.4, 0.5) is 9.59 Å². The van der Waals surface area contributed by atoms with Gasteiger partial charge in [-0.15, -0.1) is 0 Å². The first-order chi connectivity index (χ1) is 22.3. The van der Waals surface area contributed by atoms with Crippen molar-refractivity contribution < 1.29 is 28.7 Å². The number of methoxy groups -OCH3 is 1. The Morgan fingerprint density at radius 2 is 1.98 bits per heavy atom. The predicted molar refractivity (Wildman–Crippen MR) is 176 cm³/mol. The minimum atomic E-state index is -1.54. The number of nitrogens with zero attached hydrogens (tertiary/aromatic N) is 3. The third-order valence-electron chi connectivity index (χ3n) is 7.90. The number of hydrogen-bond acceptors (Lipinski definition) is 9. The SMILES string of the molecule is CC(C)(C)OC(=O)NC1CCN(CCN)C1.CCc1ccc(C#C[C@]2(CN3CCc4ccc(OC)cc4C3=O)NC(=O)NC2=O)cn1. The zero-order valence-corrected chi connectivity index (χ0v) is 27.8. The Balaban J connectivity index is 0.000000264. The number of alkyl carbamates (subject to hydrolysis) is 1. The predicted octanol–water partition coefficient (Wildman–Crippen LogP) is 1.82. The molecular formula is C34H45N7O6. The van der Waals surface area contributed by atoms with Crippen LogP contribution in [0.5, 0.6) is 5.75 Å². The number of carbonyl (C=O) groups excluding carboxylic acids is 4. The van der Waals surface area contributed by atoms with Gasteiger partial charge in [-0.25, -0.2) is 9.59 Å². The van der Waals surface area contributed by atoms with Crippen LogP contribution in [0, 0.1) is 11.8 Å². The molecule has 0 saturated carbocycles. The molecule has 5 rings (SSSR count). The van der Waals surface area contributed by atoms with Crippen molar-refractivity contribution in [1.82, 2.24) is 30.7 Å². The Morgan fingerprint density at radius 3 is 2.60 bits per heavy atom.